The quantitative estimate of drug-likeness (QED) is 0.634. The van der Waals surface area contributed by atoms with Gasteiger partial charge in [0.05, 0.1) is 18.5 Å². The minimum absolute atomic E-state index is 0.0568. The highest BCUT2D eigenvalue weighted by Crippen LogP contribution is 2.24. The lowest BCUT2D eigenvalue weighted by atomic mass is 9.97. The summed E-state index contributed by atoms with van der Waals surface area (Å²) in [4.78, 5) is 11.5. The highest BCUT2D eigenvalue weighted by Gasteiger charge is 2.39. The van der Waals surface area contributed by atoms with Crippen molar-refractivity contribution in [1.29, 1.82) is 0 Å². The molecule has 100 valence electrons. The Labute approximate surface area is 106 Å². The summed E-state index contributed by atoms with van der Waals surface area (Å²) in [5, 5.41) is 12.9. The van der Waals surface area contributed by atoms with E-state index in [1.54, 1.807) is 7.11 Å². The zero-order valence-corrected chi connectivity index (χ0v) is 11.2. The van der Waals surface area contributed by atoms with Crippen LogP contribution in [0.2, 0.25) is 0 Å². The molecule has 0 spiro atoms. The molecule has 1 rings (SSSR count). The Morgan fingerprint density at radius 1 is 1.71 bits per heavy atom. The van der Waals surface area contributed by atoms with Crippen LogP contribution in [0.4, 0.5) is 0 Å². The highest BCUT2D eigenvalue weighted by molar-refractivity contribution is 7.99. The third-order valence-corrected chi connectivity index (χ3v) is 3.84. The van der Waals surface area contributed by atoms with Crippen LogP contribution >= 0.6 is 11.8 Å². The molecule has 1 amide bonds. The van der Waals surface area contributed by atoms with Crippen molar-refractivity contribution in [2.24, 2.45) is 0 Å². The number of nitrogens with one attached hydrogen (secondary N) is 1. The standard InChI is InChI=1S/C11H21NO4S/c1-9-11(14,3-4-16-9)8-12-10(13)7-17-6-5-15-2/h9,14H,3-8H2,1-2H3,(H,12,13). The molecule has 2 atom stereocenters. The lowest BCUT2D eigenvalue weighted by Gasteiger charge is -2.26. The zero-order chi connectivity index (χ0) is 12.7. The first-order valence-corrected chi connectivity index (χ1v) is 6.91. The van der Waals surface area contributed by atoms with Crippen LogP contribution in [0.25, 0.3) is 0 Å². The molecule has 0 aromatic rings. The Morgan fingerprint density at radius 3 is 3.06 bits per heavy atom. The number of rotatable bonds is 7. The second-order valence-electron chi connectivity index (χ2n) is 4.19. The minimum Gasteiger partial charge on any atom is -0.385 e. The Morgan fingerprint density at radius 2 is 2.47 bits per heavy atom. The maximum atomic E-state index is 11.5. The number of aliphatic hydroxyl groups is 1. The fourth-order valence-corrected chi connectivity index (χ4v) is 2.33. The zero-order valence-electron chi connectivity index (χ0n) is 10.4. The summed E-state index contributed by atoms with van der Waals surface area (Å²) < 4.78 is 10.2. The van der Waals surface area contributed by atoms with Gasteiger partial charge >= 0.3 is 0 Å². The summed E-state index contributed by atoms with van der Waals surface area (Å²) in [7, 11) is 1.64. The first-order chi connectivity index (χ1) is 8.08. The number of hydrogen-bond acceptors (Lipinski definition) is 5. The van der Waals surface area contributed by atoms with Gasteiger partial charge in [-0.25, -0.2) is 0 Å². The Kier molecular flexibility index (Phi) is 6.26. The van der Waals surface area contributed by atoms with Crippen LogP contribution in [0.1, 0.15) is 13.3 Å². The van der Waals surface area contributed by atoms with Crippen LogP contribution in [-0.4, -0.2) is 61.1 Å². The summed E-state index contributed by atoms with van der Waals surface area (Å²) in [6, 6.07) is 0. The third-order valence-electron chi connectivity index (χ3n) is 2.92. The maximum Gasteiger partial charge on any atom is 0.230 e. The molecule has 17 heavy (non-hydrogen) atoms. The van der Waals surface area contributed by atoms with E-state index in [4.69, 9.17) is 9.47 Å². The molecule has 6 heteroatoms. The molecule has 2 unspecified atom stereocenters. The maximum absolute atomic E-state index is 11.5. The smallest absolute Gasteiger partial charge is 0.230 e. The molecular weight excluding hydrogens is 242 g/mol. The van der Waals surface area contributed by atoms with Gasteiger partial charge in [-0.05, 0) is 6.92 Å². The van der Waals surface area contributed by atoms with Gasteiger partial charge in [-0.3, -0.25) is 4.79 Å². The Hall–Kier alpha value is -0.300. The van der Waals surface area contributed by atoms with Crippen LogP contribution < -0.4 is 5.32 Å². The van der Waals surface area contributed by atoms with Gasteiger partial charge in [-0.1, -0.05) is 0 Å². The number of methoxy groups -OCH3 is 1. The SMILES string of the molecule is COCCSCC(=O)NCC1(O)CCOC1C. The summed E-state index contributed by atoms with van der Waals surface area (Å²) in [6.45, 7) is 3.28. The van der Waals surface area contributed by atoms with Gasteiger partial charge in [-0.15, -0.1) is 11.8 Å². The van der Waals surface area contributed by atoms with Crippen molar-refractivity contribution < 1.29 is 19.4 Å². The fourth-order valence-electron chi connectivity index (χ4n) is 1.61. The molecule has 5 nitrogen and oxygen atoms in total. The monoisotopic (exact) mass is 263 g/mol. The molecular formula is C11H21NO4S. The van der Waals surface area contributed by atoms with E-state index in [1.165, 1.54) is 11.8 Å². The van der Waals surface area contributed by atoms with E-state index < -0.39 is 5.60 Å². The van der Waals surface area contributed by atoms with Crippen molar-refractivity contribution in [3.63, 3.8) is 0 Å². The lowest BCUT2D eigenvalue weighted by molar-refractivity contribution is -0.120. The van der Waals surface area contributed by atoms with Gasteiger partial charge in [0.2, 0.25) is 5.91 Å². The molecule has 1 aliphatic rings. The van der Waals surface area contributed by atoms with Gasteiger partial charge in [0.25, 0.3) is 0 Å². The molecule has 1 aliphatic heterocycles. The van der Waals surface area contributed by atoms with Crippen LogP contribution in [-0.2, 0) is 14.3 Å². The van der Waals surface area contributed by atoms with Gasteiger partial charge in [0, 0.05) is 32.4 Å². The number of ether oxygens (including phenoxy) is 2. The summed E-state index contributed by atoms with van der Waals surface area (Å²) in [6.07, 6.45) is 0.356. The third kappa shape index (κ3) is 4.83. The minimum atomic E-state index is -0.910. The summed E-state index contributed by atoms with van der Waals surface area (Å²) >= 11 is 1.52. The van der Waals surface area contributed by atoms with E-state index >= 15 is 0 Å². The van der Waals surface area contributed by atoms with Crippen LogP contribution in [0.5, 0.6) is 0 Å². The number of hydrogen-bond donors (Lipinski definition) is 2. The number of thioether (sulfide) groups is 1. The molecule has 2 N–H and O–H groups in total. The van der Waals surface area contributed by atoms with Gasteiger partial charge in [-0.2, -0.15) is 0 Å². The second-order valence-corrected chi connectivity index (χ2v) is 5.29. The molecule has 0 radical (unpaired) electrons. The molecule has 1 saturated heterocycles. The average molecular weight is 263 g/mol. The van der Waals surface area contributed by atoms with Crippen LogP contribution in [0.3, 0.4) is 0 Å². The Bertz CT molecular complexity index is 252. The Balaban J connectivity index is 2.15. The van der Waals surface area contributed by atoms with Crippen molar-refractivity contribution >= 4 is 17.7 Å². The number of amides is 1. The lowest BCUT2D eigenvalue weighted by Crippen LogP contribution is -2.47. The normalized spacial score (nSPS) is 28.3. The van der Waals surface area contributed by atoms with E-state index in [0.717, 1.165) is 5.75 Å². The molecule has 0 aromatic heterocycles. The van der Waals surface area contributed by atoms with Crippen molar-refractivity contribution in [1.82, 2.24) is 5.32 Å². The molecule has 1 heterocycles. The van der Waals surface area contributed by atoms with E-state index in [2.05, 4.69) is 5.32 Å². The average Bonchev–Trinajstić information content (AvgIpc) is 2.63. The molecule has 0 aliphatic carbocycles. The predicted molar refractivity (Wildman–Crippen MR) is 67.2 cm³/mol. The number of carbonyl (C=O) groups excluding carboxylic acids is 1. The fraction of sp³-hybridized carbons (Fsp3) is 0.909. The second kappa shape index (κ2) is 7.20. The van der Waals surface area contributed by atoms with Crippen molar-refractivity contribution in [2.75, 3.05) is 38.4 Å². The van der Waals surface area contributed by atoms with E-state index in [1.807, 2.05) is 6.92 Å². The van der Waals surface area contributed by atoms with E-state index in [9.17, 15) is 9.90 Å². The largest absolute Gasteiger partial charge is 0.385 e. The summed E-state index contributed by atoms with van der Waals surface area (Å²) in [5.74, 6) is 1.14. The van der Waals surface area contributed by atoms with Gasteiger partial charge in [0.15, 0.2) is 0 Å². The van der Waals surface area contributed by atoms with Crippen LogP contribution in [0.15, 0.2) is 0 Å². The molecule has 0 saturated carbocycles. The molecule has 1 fully saturated rings. The van der Waals surface area contributed by atoms with Gasteiger partial charge in [0.1, 0.15) is 5.60 Å². The molecule has 0 aromatic carbocycles. The van der Waals surface area contributed by atoms with Crippen LogP contribution in [0, 0.1) is 0 Å². The predicted octanol–water partition coefficient (Wildman–Crippen LogP) is 0.0221. The van der Waals surface area contributed by atoms with Crippen molar-refractivity contribution in [2.45, 2.75) is 25.0 Å². The number of carbonyl (C=O) groups is 1. The highest BCUT2D eigenvalue weighted by atomic mass is 32.2. The first kappa shape index (κ1) is 14.8. The van der Waals surface area contributed by atoms with Crippen molar-refractivity contribution in [3.8, 4) is 0 Å². The first-order valence-electron chi connectivity index (χ1n) is 5.76. The summed E-state index contributed by atoms with van der Waals surface area (Å²) in [5.41, 5.74) is -0.910. The van der Waals surface area contributed by atoms with Gasteiger partial charge < -0.3 is 19.9 Å². The topological polar surface area (TPSA) is 67.8 Å². The molecule has 0 bridgehead atoms. The van der Waals surface area contributed by atoms with E-state index in [0.29, 0.717) is 25.4 Å². The van der Waals surface area contributed by atoms with E-state index in [-0.39, 0.29) is 18.6 Å². The van der Waals surface area contributed by atoms with Crippen molar-refractivity contribution in [3.05, 3.63) is 0 Å².